The highest BCUT2D eigenvalue weighted by Crippen LogP contribution is 2.03. The molecule has 13 nitrogen and oxygen atoms in total. The summed E-state index contributed by atoms with van der Waals surface area (Å²) in [6, 6.07) is -5.19. The Labute approximate surface area is 194 Å². The number of amides is 4. The highest BCUT2D eigenvalue weighted by Gasteiger charge is 2.31. The average molecular weight is 496 g/mol. The molecule has 0 bridgehead atoms. The van der Waals surface area contributed by atoms with Gasteiger partial charge in [-0.3, -0.25) is 24.0 Å². The summed E-state index contributed by atoms with van der Waals surface area (Å²) in [5.41, 5.74) is 10.9. The van der Waals surface area contributed by atoms with Crippen LogP contribution in [0.1, 0.15) is 25.7 Å². The average Bonchev–Trinajstić information content (AvgIpc) is 2.71. The van der Waals surface area contributed by atoms with Crippen molar-refractivity contribution in [3.63, 3.8) is 0 Å². The van der Waals surface area contributed by atoms with Crippen molar-refractivity contribution in [1.82, 2.24) is 16.0 Å². The van der Waals surface area contributed by atoms with Crippen LogP contribution >= 0.6 is 24.4 Å². The molecule has 4 amide bonds. The Hall–Kier alpha value is -2.52. The van der Waals surface area contributed by atoms with Gasteiger partial charge in [0.05, 0.1) is 12.5 Å². The SMILES string of the molecule is CSCCC(N)C(=O)NC(CS)C(=O)NC(CC(N)=O)C(=O)NC(CCC(=O)O)C(=O)O. The monoisotopic (exact) mass is 495 g/mol. The van der Waals surface area contributed by atoms with Gasteiger partial charge >= 0.3 is 11.9 Å². The molecule has 9 N–H and O–H groups in total. The van der Waals surface area contributed by atoms with Gasteiger partial charge in [0.1, 0.15) is 18.1 Å². The molecular weight excluding hydrogens is 466 g/mol. The van der Waals surface area contributed by atoms with Crippen molar-refractivity contribution in [2.45, 2.75) is 49.9 Å². The first-order chi connectivity index (χ1) is 14.9. The lowest BCUT2D eigenvalue weighted by atomic mass is 10.1. The Morgan fingerprint density at radius 3 is 1.91 bits per heavy atom. The number of carboxylic acids is 2. The number of rotatable bonds is 16. The fraction of sp³-hybridized carbons (Fsp3) is 0.647. The minimum atomic E-state index is -1.57. The molecule has 0 fully saturated rings. The van der Waals surface area contributed by atoms with E-state index in [1.165, 1.54) is 11.8 Å². The maximum Gasteiger partial charge on any atom is 0.326 e. The number of nitrogens with two attached hydrogens (primary N) is 2. The van der Waals surface area contributed by atoms with Crippen LogP contribution in [0.4, 0.5) is 0 Å². The molecule has 4 unspecified atom stereocenters. The van der Waals surface area contributed by atoms with Crippen molar-refractivity contribution in [1.29, 1.82) is 0 Å². The molecule has 15 heteroatoms. The second-order valence-electron chi connectivity index (χ2n) is 6.70. The number of hydrogen-bond acceptors (Lipinski definition) is 9. The van der Waals surface area contributed by atoms with Gasteiger partial charge < -0.3 is 37.6 Å². The molecule has 182 valence electrons. The molecule has 0 rings (SSSR count). The van der Waals surface area contributed by atoms with Crippen LogP contribution in [0.3, 0.4) is 0 Å². The Morgan fingerprint density at radius 1 is 0.906 bits per heavy atom. The lowest BCUT2D eigenvalue weighted by Gasteiger charge is -2.24. The second-order valence-corrected chi connectivity index (χ2v) is 8.05. The number of thioether (sulfide) groups is 1. The molecule has 32 heavy (non-hydrogen) atoms. The quantitative estimate of drug-likeness (QED) is 0.103. The highest BCUT2D eigenvalue weighted by atomic mass is 32.2. The van der Waals surface area contributed by atoms with Crippen molar-refractivity contribution in [2.24, 2.45) is 11.5 Å². The summed E-state index contributed by atoms with van der Waals surface area (Å²) in [6.45, 7) is 0. The molecule has 0 aliphatic rings. The molecular formula is C17H29N5O8S2. The van der Waals surface area contributed by atoms with E-state index in [2.05, 4.69) is 28.6 Å². The van der Waals surface area contributed by atoms with Crippen molar-refractivity contribution in [3.05, 3.63) is 0 Å². The third-order valence-corrected chi connectivity index (χ3v) is 5.09. The summed E-state index contributed by atoms with van der Waals surface area (Å²) < 4.78 is 0. The van der Waals surface area contributed by atoms with Crippen LogP contribution in [0.25, 0.3) is 0 Å². The predicted octanol–water partition coefficient (Wildman–Crippen LogP) is -2.72. The first kappa shape index (κ1) is 29.5. The molecule has 0 saturated heterocycles. The van der Waals surface area contributed by atoms with E-state index in [-0.39, 0.29) is 5.75 Å². The first-order valence-corrected chi connectivity index (χ1v) is 11.4. The van der Waals surface area contributed by atoms with E-state index in [1.807, 2.05) is 6.26 Å². The minimum absolute atomic E-state index is 0.159. The van der Waals surface area contributed by atoms with Crippen LogP contribution in [0.15, 0.2) is 0 Å². The van der Waals surface area contributed by atoms with Gasteiger partial charge in [0.25, 0.3) is 0 Å². The second kappa shape index (κ2) is 15.3. The zero-order valence-corrected chi connectivity index (χ0v) is 19.1. The number of hydrogen-bond donors (Lipinski definition) is 8. The summed E-state index contributed by atoms with van der Waals surface area (Å²) >= 11 is 5.49. The van der Waals surface area contributed by atoms with E-state index < -0.39 is 79.0 Å². The van der Waals surface area contributed by atoms with Gasteiger partial charge in [-0.15, -0.1) is 0 Å². The number of carbonyl (C=O) groups excluding carboxylic acids is 4. The smallest absolute Gasteiger partial charge is 0.326 e. The minimum Gasteiger partial charge on any atom is -0.481 e. The summed E-state index contributed by atoms with van der Waals surface area (Å²) in [6.07, 6.45) is 0.595. The van der Waals surface area contributed by atoms with Crippen molar-refractivity contribution >= 4 is 60.0 Å². The molecule has 0 saturated carbocycles. The molecule has 0 spiro atoms. The van der Waals surface area contributed by atoms with Gasteiger partial charge in [-0.05, 0) is 24.9 Å². The van der Waals surface area contributed by atoms with Crippen LogP contribution in [0.5, 0.6) is 0 Å². The van der Waals surface area contributed by atoms with Crippen LogP contribution in [0.2, 0.25) is 0 Å². The van der Waals surface area contributed by atoms with E-state index in [0.29, 0.717) is 12.2 Å². The number of thiol groups is 1. The zero-order chi connectivity index (χ0) is 24.8. The standard InChI is InChI=1S/C17H29N5O8S2/c1-32-5-4-8(18)14(26)22-11(7-31)16(28)21-10(6-12(19)23)15(27)20-9(17(29)30)2-3-13(24)25/h8-11,31H,2-7,18H2,1H3,(H2,19,23)(H,20,27)(H,21,28)(H,22,26)(H,24,25)(H,29,30). The van der Waals surface area contributed by atoms with Crippen molar-refractivity contribution in [3.8, 4) is 0 Å². The van der Waals surface area contributed by atoms with Crippen molar-refractivity contribution < 1.29 is 39.0 Å². The first-order valence-electron chi connectivity index (χ1n) is 9.42. The molecule has 0 aromatic rings. The van der Waals surface area contributed by atoms with Gasteiger partial charge in [0.15, 0.2) is 0 Å². The number of aliphatic carboxylic acids is 2. The largest absolute Gasteiger partial charge is 0.481 e. The molecule has 0 heterocycles. The lowest BCUT2D eigenvalue weighted by molar-refractivity contribution is -0.143. The van der Waals surface area contributed by atoms with E-state index in [1.54, 1.807) is 0 Å². The Balaban J connectivity index is 5.24. The summed E-state index contributed by atoms with van der Waals surface area (Å²) in [5, 5.41) is 24.5. The van der Waals surface area contributed by atoms with Crippen LogP contribution in [-0.2, 0) is 28.8 Å². The van der Waals surface area contributed by atoms with Crippen LogP contribution < -0.4 is 27.4 Å². The molecule has 0 radical (unpaired) electrons. The van der Waals surface area contributed by atoms with Gasteiger partial charge in [-0.25, -0.2) is 4.79 Å². The third-order valence-electron chi connectivity index (χ3n) is 4.09. The van der Waals surface area contributed by atoms with E-state index >= 15 is 0 Å². The van der Waals surface area contributed by atoms with Crippen LogP contribution in [-0.4, -0.2) is 87.7 Å². The van der Waals surface area contributed by atoms with E-state index in [4.69, 9.17) is 21.7 Å². The van der Waals surface area contributed by atoms with E-state index in [0.717, 1.165) is 0 Å². The van der Waals surface area contributed by atoms with Crippen molar-refractivity contribution in [2.75, 3.05) is 17.8 Å². The van der Waals surface area contributed by atoms with Gasteiger partial charge in [-0.1, -0.05) is 0 Å². The summed E-state index contributed by atoms with van der Waals surface area (Å²) in [7, 11) is 0. The summed E-state index contributed by atoms with van der Waals surface area (Å²) in [5.74, 6) is -5.80. The van der Waals surface area contributed by atoms with Gasteiger partial charge in [0, 0.05) is 12.2 Å². The highest BCUT2D eigenvalue weighted by molar-refractivity contribution is 7.98. The lowest BCUT2D eigenvalue weighted by Crippen LogP contribution is -2.58. The maximum atomic E-state index is 12.5. The van der Waals surface area contributed by atoms with E-state index in [9.17, 15) is 28.8 Å². The fourth-order valence-electron chi connectivity index (χ4n) is 2.33. The predicted molar refractivity (Wildman–Crippen MR) is 119 cm³/mol. The Kier molecular flexibility index (Phi) is 14.1. The number of nitrogens with one attached hydrogen (secondary N) is 3. The number of primary amides is 1. The fourth-order valence-corrected chi connectivity index (χ4v) is 3.08. The molecule has 0 aliphatic heterocycles. The number of carboxylic acid groups (broad SMARTS) is 2. The maximum absolute atomic E-state index is 12.5. The third kappa shape index (κ3) is 11.8. The van der Waals surface area contributed by atoms with Gasteiger partial charge in [0.2, 0.25) is 23.6 Å². The molecule has 0 aromatic carbocycles. The Morgan fingerprint density at radius 2 is 1.44 bits per heavy atom. The molecule has 0 aromatic heterocycles. The zero-order valence-electron chi connectivity index (χ0n) is 17.4. The molecule has 4 atom stereocenters. The Bertz CT molecular complexity index is 708. The van der Waals surface area contributed by atoms with Gasteiger partial charge in [-0.2, -0.15) is 24.4 Å². The number of carbonyl (C=O) groups is 6. The topological polar surface area (TPSA) is 231 Å². The van der Waals surface area contributed by atoms with Crippen LogP contribution in [0, 0.1) is 0 Å². The normalized spacial score (nSPS) is 14.3. The molecule has 0 aliphatic carbocycles. The summed E-state index contributed by atoms with van der Waals surface area (Å²) in [4.78, 5) is 70.4.